The number of nitrogens with two attached hydrogens (primary N) is 1. The van der Waals surface area contributed by atoms with E-state index < -0.39 is 11.3 Å². The van der Waals surface area contributed by atoms with E-state index in [-0.39, 0.29) is 11.8 Å². The van der Waals surface area contributed by atoms with E-state index in [0.717, 1.165) is 24.5 Å². The molecule has 1 aliphatic carbocycles. The average molecular weight is 357 g/mol. The van der Waals surface area contributed by atoms with Crippen LogP contribution in [-0.2, 0) is 23.2 Å². The Bertz CT molecular complexity index is 822. The molecule has 26 heavy (non-hydrogen) atoms. The molecular weight excluding hydrogens is 334 g/mol. The summed E-state index contributed by atoms with van der Waals surface area (Å²) in [6, 6.07) is 0. The number of rotatable bonds is 5. The predicted molar refractivity (Wildman–Crippen MR) is 91.7 cm³/mol. The van der Waals surface area contributed by atoms with Gasteiger partial charge in [0.2, 0.25) is 11.8 Å². The Hall–Kier alpha value is -2.71. The first-order chi connectivity index (χ1) is 12.5. The summed E-state index contributed by atoms with van der Waals surface area (Å²) >= 11 is 0. The van der Waals surface area contributed by atoms with Gasteiger partial charge < -0.3 is 19.8 Å². The van der Waals surface area contributed by atoms with Crippen molar-refractivity contribution in [2.24, 2.45) is 18.2 Å². The molecular formula is C17H23N7O2. The molecule has 0 radical (unpaired) electrons. The number of imidazole rings is 1. The number of likely N-dealkylation sites (tertiary alicyclic amines) is 1. The lowest BCUT2D eigenvalue weighted by atomic mass is 9.94. The summed E-state index contributed by atoms with van der Waals surface area (Å²) in [6.45, 7) is 1.83. The Morgan fingerprint density at radius 2 is 2.15 bits per heavy atom. The van der Waals surface area contributed by atoms with Gasteiger partial charge in [-0.05, 0) is 25.7 Å². The van der Waals surface area contributed by atoms with Gasteiger partial charge in [-0.15, -0.1) is 10.2 Å². The van der Waals surface area contributed by atoms with Crippen LogP contribution >= 0.6 is 0 Å². The highest BCUT2D eigenvalue weighted by molar-refractivity contribution is 6.07. The van der Waals surface area contributed by atoms with Crippen LogP contribution in [0.15, 0.2) is 18.7 Å². The highest BCUT2D eigenvalue weighted by Crippen LogP contribution is 2.47. The standard InChI is InChI=1S/C17H23N7O2/c1-22-13(10-23-8-6-19-11-23)20-21-14(22)12-3-2-7-24(9-12)16(26)17(4-5-17)15(18)25/h6,8,11-12H,2-5,7,9-10H2,1H3,(H2,18,25). The lowest BCUT2D eigenvalue weighted by Crippen LogP contribution is -2.47. The Morgan fingerprint density at radius 1 is 1.35 bits per heavy atom. The van der Waals surface area contributed by atoms with Gasteiger partial charge in [0.1, 0.15) is 11.2 Å². The summed E-state index contributed by atoms with van der Waals surface area (Å²) in [7, 11) is 1.95. The van der Waals surface area contributed by atoms with Gasteiger partial charge in [0.05, 0.1) is 12.9 Å². The Labute approximate surface area is 151 Å². The zero-order chi connectivity index (χ0) is 18.3. The van der Waals surface area contributed by atoms with Gasteiger partial charge >= 0.3 is 0 Å². The molecule has 0 bridgehead atoms. The first kappa shape index (κ1) is 16.7. The Kier molecular flexibility index (Phi) is 4.01. The molecule has 3 heterocycles. The molecule has 1 unspecified atom stereocenters. The van der Waals surface area contributed by atoms with Crippen LogP contribution in [0.3, 0.4) is 0 Å². The minimum absolute atomic E-state index is 0.115. The van der Waals surface area contributed by atoms with Crippen LogP contribution < -0.4 is 5.73 Å². The predicted octanol–water partition coefficient (Wildman–Crippen LogP) is 0.0314. The summed E-state index contributed by atoms with van der Waals surface area (Å²) in [6.07, 6.45) is 8.33. The Morgan fingerprint density at radius 3 is 2.81 bits per heavy atom. The number of nitrogens with zero attached hydrogens (tertiary/aromatic N) is 6. The molecule has 2 aliphatic rings. The van der Waals surface area contributed by atoms with Crippen molar-refractivity contribution in [1.29, 1.82) is 0 Å². The van der Waals surface area contributed by atoms with E-state index in [1.165, 1.54) is 0 Å². The van der Waals surface area contributed by atoms with Crippen molar-refractivity contribution in [2.45, 2.75) is 38.1 Å². The van der Waals surface area contributed by atoms with Gasteiger partial charge in [-0.2, -0.15) is 0 Å². The summed E-state index contributed by atoms with van der Waals surface area (Å²) in [5, 5.41) is 8.69. The van der Waals surface area contributed by atoms with E-state index in [2.05, 4.69) is 15.2 Å². The van der Waals surface area contributed by atoms with E-state index >= 15 is 0 Å². The monoisotopic (exact) mass is 357 g/mol. The maximum atomic E-state index is 12.8. The van der Waals surface area contributed by atoms with Crippen molar-refractivity contribution in [2.75, 3.05) is 13.1 Å². The molecule has 1 saturated heterocycles. The van der Waals surface area contributed by atoms with Crippen LogP contribution in [0.25, 0.3) is 0 Å². The maximum Gasteiger partial charge on any atom is 0.238 e. The third-order valence-corrected chi connectivity index (χ3v) is 5.59. The van der Waals surface area contributed by atoms with E-state index in [1.54, 1.807) is 17.4 Å². The third-order valence-electron chi connectivity index (χ3n) is 5.59. The number of amides is 2. The molecule has 2 N–H and O–H groups in total. The van der Waals surface area contributed by atoms with Gasteiger partial charge in [0.25, 0.3) is 0 Å². The van der Waals surface area contributed by atoms with Crippen molar-refractivity contribution in [3.05, 3.63) is 30.4 Å². The van der Waals surface area contributed by atoms with Crippen molar-refractivity contribution in [3.8, 4) is 0 Å². The van der Waals surface area contributed by atoms with Crippen molar-refractivity contribution < 1.29 is 9.59 Å². The van der Waals surface area contributed by atoms with Crippen LogP contribution in [0.1, 0.15) is 43.3 Å². The third kappa shape index (κ3) is 2.77. The molecule has 0 aromatic carbocycles. The van der Waals surface area contributed by atoms with Crippen LogP contribution in [-0.4, -0.2) is 54.1 Å². The minimum atomic E-state index is -0.950. The molecule has 0 spiro atoms. The van der Waals surface area contributed by atoms with Crippen LogP contribution in [0.4, 0.5) is 0 Å². The van der Waals surface area contributed by atoms with Crippen molar-refractivity contribution in [1.82, 2.24) is 29.2 Å². The minimum Gasteiger partial charge on any atom is -0.369 e. The SMILES string of the molecule is Cn1c(Cn2ccnc2)nnc1C1CCCN(C(=O)C2(C(N)=O)CC2)C1. The van der Waals surface area contributed by atoms with Gasteiger partial charge in [-0.25, -0.2) is 4.98 Å². The molecule has 4 rings (SSSR count). The topological polar surface area (TPSA) is 112 Å². The molecule has 9 nitrogen and oxygen atoms in total. The zero-order valence-electron chi connectivity index (χ0n) is 14.8. The van der Waals surface area contributed by atoms with Gasteiger partial charge in [-0.3, -0.25) is 9.59 Å². The number of carbonyl (C=O) groups is 2. The highest BCUT2D eigenvalue weighted by Gasteiger charge is 2.57. The normalized spacial score (nSPS) is 21.6. The summed E-state index contributed by atoms with van der Waals surface area (Å²) < 4.78 is 3.94. The fourth-order valence-electron chi connectivity index (χ4n) is 3.78. The number of aromatic nitrogens is 5. The van der Waals surface area contributed by atoms with Crippen LogP contribution in [0, 0.1) is 5.41 Å². The Balaban J connectivity index is 1.49. The van der Waals surface area contributed by atoms with Gasteiger partial charge in [-0.1, -0.05) is 0 Å². The fraction of sp³-hybridized carbons (Fsp3) is 0.588. The van der Waals surface area contributed by atoms with Crippen molar-refractivity contribution >= 4 is 11.8 Å². The van der Waals surface area contributed by atoms with E-state index in [0.29, 0.717) is 32.5 Å². The lowest BCUT2D eigenvalue weighted by Gasteiger charge is -2.34. The molecule has 1 aliphatic heterocycles. The second-order valence-electron chi connectivity index (χ2n) is 7.31. The molecule has 2 amide bonds. The summed E-state index contributed by atoms with van der Waals surface area (Å²) in [4.78, 5) is 30.3. The van der Waals surface area contributed by atoms with Crippen molar-refractivity contribution in [3.63, 3.8) is 0 Å². The smallest absolute Gasteiger partial charge is 0.238 e. The maximum absolute atomic E-state index is 12.8. The second kappa shape index (κ2) is 6.22. The molecule has 2 fully saturated rings. The number of hydrogen-bond acceptors (Lipinski definition) is 5. The molecule has 2 aromatic heterocycles. The zero-order valence-corrected chi connectivity index (χ0v) is 14.8. The first-order valence-corrected chi connectivity index (χ1v) is 8.94. The molecule has 138 valence electrons. The first-order valence-electron chi connectivity index (χ1n) is 8.94. The van der Waals surface area contributed by atoms with Gasteiger partial charge in [0, 0.05) is 38.4 Å². The van der Waals surface area contributed by atoms with E-state index in [4.69, 9.17) is 5.73 Å². The number of piperidine rings is 1. The molecule has 2 aromatic rings. The number of hydrogen-bond donors (Lipinski definition) is 1. The average Bonchev–Trinajstić information content (AvgIpc) is 3.16. The highest BCUT2D eigenvalue weighted by atomic mass is 16.2. The summed E-state index contributed by atoms with van der Waals surface area (Å²) in [5.74, 6) is 1.23. The van der Waals surface area contributed by atoms with E-state index in [1.807, 2.05) is 22.4 Å². The largest absolute Gasteiger partial charge is 0.369 e. The molecule has 1 saturated carbocycles. The second-order valence-corrected chi connectivity index (χ2v) is 7.31. The van der Waals surface area contributed by atoms with Crippen LogP contribution in [0.5, 0.6) is 0 Å². The number of carbonyl (C=O) groups excluding carboxylic acids is 2. The molecule has 1 atom stereocenters. The van der Waals surface area contributed by atoms with Crippen LogP contribution in [0.2, 0.25) is 0 Å². The number of primary amides is 1. The summed E-state index contributed by atoms with van der Waals surface area (Å²) in [5.41, 5.74) is 4.51. The molecule has 9 heteroatoms. The lowest BCUT2D eigenvalue weighted by molar-refractivity contribution is -0.144. The van der Waals surface area contributed by atoms with Gasteiger partial charge in [0.15, 0.2) is 5.82 Å². The van der Waals surface area contributed by atoms with E-state index in [9.17, 15) is 9.59 Å². The quantitative estimate of drug-likeness (QED) is 0.759. The fourth-order valence-corrected chi connectivity index (χ4v) is 3.78.